The Morgan fingerprint density at radius 3 is 2.60 bits per heavy atom. The van der Waals surface area contributed by atoms with Crippen molar-refractivity contribution in [3.63, 3.8) is 0 Å². The second kappa shape index (κ2) is 4.66. The second-order valence-electron chi connectivity index (χ2n) is 4.38. The number of imidazole rings is 1. The zero-order valence-corrected chi connectivity index (χ0v) is 10.9. The van der Waals surface area contributed by atoms with E-state index in [4.69, 9.17) is 16.2 Å². The highest BCUT2D eigenvalue weighted by molar-refractivity contribution is 7.81. The lowest BCUT2D eigenvalue weighted by Crippen LogP contribution is -2.54. The molecule has 0 saturated carbocycles. The molecule has 0 spiro atoms. The van der Waals surface area contributed by atoms with Gasteiger partial charge in [0.05, 0.1) is 6.33 Å². The Bertz CT molecular complexity index is 534. The molecule has 1 aromatic rings. The maximum atomic E-state index is 11.0. The number of carbonyl (C=O) groups is 1. The van der Waals surface area contributed by atoms with Crippen molar-refractivity contribution in [3.05, 3.63) is 18.2 Å². The van der Waals surface area contributed by atoms with Gasteiger partial charge in [-0.25, -0.2) is 4.98 Å². The van der Waals surface area contributed by atoms with Crippen molar-refractivity contribution in [3.8, 4) is 0 Å². The summed E-state index contributed by atoms with van der Waals surface area (Å²) in [6, 6.07) is 0. The van der Waals surface area contributed by atoms with Gasteiger partial charge in [-0.1, -0.05) is 0 Å². The number of amides is 1. The average molecular weight is 306 g/mol. The molecule has 11 heteroatoms. The predicted molar refractivity (Wildman–Crippen MR) is 65.9 cm³/mol. The van der Waals surface area contributed by atoms with Gasteiger partial charge < -0.3 is 36.6 Å². The molecule has 1 amide bonds. The monoisotopic (exact) mass is 306 g/mol. The van der Waals surface area contributed by atoms with E-state index in [-0.39, 0.29) is 5.69 Å². The highest BCUT2D eigenvalue weighted by Gasteiger charge is 2.66. The Balaban J connectivity index is 2.44. The summed E-state index contributed by atoms with van der Waals surface area (Å²) in [5.74, 6) is -3.48. The third-order valence-corrected chi connectivity index (χ3v) is 3.58. The van der Waals surface area contributed by atoms with Crippen LogP contribution in [-0.2, 0) is 10.6 Å². The normalized spacial score (nSPS) is 38.9. The number of ether oxygens (including phenoxy) is 1. The fraction of sp³-hybridized carbons (Fsp3) is 0.556. The highest BCUT2D eigenvalue weighted by atomic mass is 32.1. The van der Waals surface area contributed by atoms with Crippen molar-refractivity contribution in [2.75, 3.05) is 0 Å². The van der Waals surface area contributed by atoms with Crippen LogP contribution in [0.25, 0.3) is 0 Å². The van der Waals surface area contributed by atoms with Gasteiger partial charge in [0.1, 0.15) is 24.1 Å². The molecule has 20 heavy (non-hydrogen) atoms. The molecule has 0 radical (unpaired) electrons. The summed E-state index contributed by atoms with van der Waals surface area (Å²) < 4.78 is 5.78. The predicted octanol–water partition coefficient (Wildman–Crippen LogP) is -3.76. The topological polar surface area (TPSA) is 177 Å². The Morgan fingerprint density at radius 2 is 2.20 bits per heavy atom. The number of nitrogens with two attached hydrogens (primary N) is 2. The molecule has 0 bridgehead atoms. The SMILES string of the molecule is NC(=O)c1cn([C@]2(O)O[C@H](C(N)O)[C@@H](O)[C@@]2(O)S)cn1. The van der Waals surface area contributed by atoms with E-state index in [0.29, 0.717) is 0 Å². The quantitative estimate of drug-likeness (QED) is 0.220. The summed E-state index contributed by atoms with van der Waals surface area (Å²) in [5, 5.41) is 39.6. The van der Waals surface area contributed by atoms with E-state index < -0.39 is 35.2 Å². The van der Waals surface area contributed by atoms with Gasteiger partial charge in [-0.05, 0) is 0 Å². The van der Waals surface area contributed by atoms with Crippen molar-refractivity contribution < 1.29 is 30.0 Å². The van der Waals surface area contributed by atoms with Crippen molar-refractivity contribution in [1.82, 2.24) is 9.55 Å². The first-order valence-corrected chi connectivity index (χ1v) is 5.87. The first-order chi connectivity index (χ1) is 9.11. The van der Waals surface area contributed by atoms with Crippen LogP contribution in [0.2, 0.25) is 0 Å². The maximum absolute atomic E-state index is 11.0. The van der Waals surface area contributed by atoms with Crippen LogP contribution in [0.5, 0.6) is 0 Å². The molecule has 1 aromatic heterocycles. The second-order valence-corrected chi connectivity index (χ2v) is 5.06. The maximum Gasteiger partial charge on any atom is 0.297 e. The summed E-state index contributed by atoms with van der Waals surface area (Å²) in [7, 11) is 0. The number of nitrogens with zero attached hydrogens (tertiary/aromatic N) is 2. The van der Waals surface area contributed by atoms with E-state index in [2.05, 4.69) is 17.6 Å². The highest BCUT2D eigenvalue weighted by Crippen LogP contribution is 2.44. The minimum absolute atomic E-state index is 0.211. The number of primary amides is 1. The van der Waals surface area contributed by atoms with Crippen LogP contribution in [0.15, 0.2) is 12.5 Å². The summed E-state index contributed by atoms with van der Waals surface area (Å²) in [6.07, 6.45) is -3.07. The molecule has 2 rings (SSSR count). The molecular formula is C9H14N4O6S. The molecule has 0 aliphatic carbocycles. The Kier molecular flexibility index (Phi) is 3.54. The summed E-state index contributed by atoms with van der Waals surface area (Å²) in [4.78, 5) is 12.0. The molecule has 112 valence electrons. The summed E-state index contributed by atoms with van der Waals surface area (Å²) in [6.45, 7) is 0. The number of aliphatic hydroxyl groups excluding tert-OH is 2. The largest absolute Gasteiger partial charge is 0.386 e. The summed E-state index contributed by atoms with van der Waals surface area (Å²) in [5.41, 5.74) is 9.98. The van der Waals surface area contributed by atoms with Crippen LogP contribution in [-0.4, -0.2) is 59.3 Å². The third kappa shape index (κ3) is 2.00. The van der Waals surface area contributed by atoms with Crippen molar-refractivity contribution in [1.29, 1.82) is 0 Å². The molecule has 2 heterocycles. The van der Waals surface area contributed by atoms with Crippen LogP contribution in [0.1, 0.15) is 10.5 Å². The van der Waals surface area contributed by atoms with Gasteiger partial charge in [0.25, 0.3) is 11.8 Å². The minimum atomic E-state index is -2.61. The van der Waals surface area contributed by atoms with E-state index in [1.807, 2.05) is 0 Å². The van der Waals surface area contributed by atoms with Crippen LogP contribution in [0.4, 0.5) is 0 Å². The van der Waals surface area contributed by atoms with Gasteiger partial charge in [0, 0.05) is 6.20 Å². The lowest BCUT2D eigenvalue weighted by molar-refractivity contribution is -0.302. The van der Waals surface area contributed by atoms with Crippen LogP contribution >= 0.6 is 12.6 Å². The first-order valence-electron chi connectivity index (χ1n) is 5.42. The molecule has 1 saturated heterocycles. The van der Waals surface area contributed by atoms with E-state index >= 15 is 0 Å². The van der Waals surface area contributed by atoms with E-state index in [1.54, 1.807) is 0 Å². The summed E-state index contributed by atoms with van der Waals surface area (Å²) >= 11 is 3.75. The molecule has 1 aliphatic heterocycles. The molecule has 1 aliphatic rings. The smallest absolute Gasteiger partial charge is 0.297 e. The van der Waals surface area contributed by atoms with E-state index in [1.165, 1.54) is 0 Å². The van der Waals surface area contributed by atoms with E-state index in [9.17, 15) is 25.2 Å². The standard InChI is InChI=1S/C9H14N4O6S/c10-6(15)3-1-13(2-12-3)9(18)8(17,20)5(14)4(19-9)7(11)16/h1-2,4-5,7,14,16-18,20H,11H2,(H2,10,15)/t4-,5+,7?,8+,9+/m0/s1. The number of hydrogen-bond acceptors (Lipinski definition) is 9. The first kappa shape index (κ1) is 15.2. The van der Waals surface area contributed by atoms with Gasteiger partial charge in [-0.2, -0.15) is 0 Å². The van der Waals surface area contributed by atoms with Crippen LogP contribution in [0.3, 0.4) is 0 Å². The number of rotatable bonds is 3. The zero-order chi connectivity index (χ0) is 15.3. The van der Waals surface area contributed by atoms with Gasteiger partial charge in [0.15, 0.2) is 0 Å². The lowest BCUT2D eigenvalue weighted by atomic mass is 10.1. The number of thiol groups is 1. The molecule has 0 aromatic carbocycles. The average Bonchev–Trinajstić information content (AvgIpc) is 2.89. The fourth-order valence-electron chi connectivity index (χ4n) is 1.89. The van der Waals surface area contributed by atoms with Crippen LogP contribution in [0, 0.1) is 0 Å². The number of carbonyl (C=O) groups excluding carboxylic acids is 1. The van der Waals surface area contributed by atoms with Crippen molar-refractivity contribution in [2.45, 2.75) is 29.3 Å². The molecule has 1 fully saturated rings. The molecule has 10 nitrogen and oxygen atoms in total. The van der Waals surface area contributed by atoms with Crippen LogP contribution < -0.4 is 11.5 Å². The molecule has 5 atom stereocenters. The number of aromatic nitrogens is 2. The van der Waals surface area contributed by atoms with Gasteiger partial charge >= 0.3 is 0 Å². The van der Waals surface area contributed by atoms with Gasteiger partial charge in [0.2, 0.25) is 4.93 Å². The Hall–Kier alpha value is -1.21. The van der Waals surface area contributed by atoms with E-state index in [0.717, 1.165) is 17.1 Å². The molecule has 1 unspecified atom stereocenters. The van der Waals surface area contributed by atoms with Crippen molar-refractivity contribution >= 4 is 18.5 Å². The fourth-order valence-corrected chi connectivity index (χ4v) is 2.20. The third-order valence-electron chi connectivity index (χ3n) is 3.02. The Morgan fingerprint density at radius 1 is 1.60 bits per heavy atom. The minimum Gasteiger partial charge on any atom is -0.386 e. The molecular weight excluding hydrogens is 292 g/mol. The van der Waals surface area contributed by atoms with Crippen molar-refractivity contribution in [2.24, 2.45) is 11.5 Å². The van der Waals surface area contributed by atoms with Gasteiger partial charge in [-0.3, -0.25) is 9.36 Å². The zero-order valence-electron chi connectivity index (χ0n) is 9.99. The number of aliphatic hydroxyl groups is 4. The Labute approximate surface area is 118 Å². The van der Waals surface area contributed by atoms with Gasteiger partial charge in [-0.15, -0.1) is 12.6 Å². The number of hydrogen-bond donors (Lipinski definition) is 7. The lowest BCUT2D eigenvalue weighted by Gasteiger charge is -2.33. The molecule has 8 N–H and O–H groups in total.